The molecule has 1 aromatic carbocycles. The van der Waals surface area contributed by atoms with Crippen LogP contribution in [-0.2, 0) is 16.4 Å². The Morgan fingerprint density at radius 2 is 2.11 bits per heavy atom. The van der Waals surface area contributed by atoms with Crippen LogP contribution in [0.2, 0.25) is 0 Å². The van der Waals surface area contributed by atoms with Crippen molar-refractivity contribution < 1.29 is 17.5 Å². The van der Waals surface area contributed by atoms with Crippen LogP contribution in [0.15, 0.2) is 18.2 Å². The lowest BCUT2D eigenvalue weighted by Gasteiger charge is -2.11. The van der Waals surface area contributed by atoms with Crippen LogP contribution in [0.1, 0.15) is 18.9 Å². The first-order valence-corrected chi connectivity index (χ1v) is 8.28. The molecule has 0 atom stereocenters. The molecular formula is C13H20FNO3S. The van der Waals surface area contributed by atoms with Crippen molar-refractivity contribution in [2.75, 3.05) is 25.2 Å². The molecule has 0 saturated carbocycles. The zero-order valence-corrected chi connectivity index (χ0v) is 12.1. The fourth-order valence-electron chi connectivity index (χ4n) is 1.59. The van der Waals surface area contributed by atoms with Crippen molar-refractivity contribution in [2.24, 2.45) is 0 Å². The van der Waals surface area contributed by atoms with Crippen LogP contribution in [0, 0.1) is 5.82 Å². The highest BCUT2D eigenvalue weighted by Gasteiger charge is 2.06. The van der Waals surface area contributed by atoms with Gasteiger partial charge < -0.3 is 10.1 Å². The normalized spacial score (nSPS) is 11.5. The van der Waals surface area contributed by atoms with E-state index in [1.807, 2.05) is 6.92 Å². The highest BCUT2D eigenvalue weighted by Crippen LogP contribution is 2.19. The van der Waals surface area contributed by atoms with E-state index in [0.717, 1.165) is 12.1 Å². The zero-order chi connectivity index (χ0) is 14.3. The fourth-order valence-corrected chi connectivity index (χ4v) is 2.23. The minimum Gasteiger partial charge on any atom is -0.493 e. The minimum atomic E-state index is -2.96. The number of nitrogens with one attached hydrogen (secondary N) is 1. The Labute approximate surface area is 113 Å². The molecule has 108 valence electrons. The van der Waals surface area contributed by atoms with E-state index in [0.29, 0.717) is 25.3 Å². The van der Waals surface area contributed by atoms with Crippen molar-refractivity contribution in [3.8, 4) is 5.75 Å². The number of benzene rings is 1. The third kappa shape index (κ3) is 6.54. The Bertz CT molecular complexity index is 503. The number of halogens is 1. The summed E-state index contributed by atoms with van der Waals surface area (Å²) in [6, 6.07) is 4.33. The molecule has 19 heavy (non-hydrogen) atoms. The van der Waals surface area contributed by atoms with E-state index in [4.69, 9.17) is 4.74 Å². The number of rotatable bonds is 8. The Morgan fingerprint density at radius 3 is 2.74 bits per heavy atom. The van der Waals surface area contributed by atoms with Crippen molar-refractivity contribution in [3.63, 3.8) is 0 Å². The standard InChI is InChI=1S/C13H20FNO3S/c1-3-15-10-11-9-12(14)5-6-13(11)18-7-4-8-19(2,16)17/h5-6,9,15H,3-4,7-8,10H2,1-2H3. The van der Waals surface area contributed by atoms with E-state index in [2.05, 4.69) is 5.32 Å². The average molecular weight is 289 g/mol. The van der Waals surface area contributed by atoms with Crippen LogP contribution in [0.4, 0.5) is 4.39 Å². The van der Waals surface area contributed by atoms with E-state index >= 15 is 0 Å². The molecular weight excluding hydrogens is 269 g/mol. The summed E-state index contributed by atoms with van der Waals surface area (Å²) in [6.07, 6.45) is 1.62. The maximum absolute atomic E-state index is 13.2. The summed E-state index contributed by atoms with van der Waals surface area (Å²) in [7, 11) is -2.96. The van der Waals surface area contributed by atoms with Crippen molar-refractivity contribution in [3.05, 3.63) is 29.6 Å². The SMILES string of the molecule is CCNCc1cc(F)ccc1OCCCS(C)(=O)=O. The van der Waals surface area contributed by atoms with Gasteiger partial charge in [-0.05, 0) is 31.2 Å². The van der Waals surface area contributed by atoms with E-state index in [9.17, 15) is 12.8 Å². The number of hydrogen-bond acceptors (Lipinski definition) is 4. The van der Waals surface area contributed by atoms with E-state index in [-0.39, 0.29) is 11.6 Å². The molecule has 0 aromatic heterocycles. The van der Waals surface area contributed by atoms with Gasteiger partial charge in [0.25, 0.3) is 0 Å². The van der Waals surface area contributed by atoms with Crippen LogP contribution < -0.4 is 10.1 Å². The molecule has 6 heteroatoms. The van der Waals surface area contributed by atoms with Gasteiger partial charge in [-0.25, -0.2) is 12.8 Å². The molecule has 0 heterocycles. The van der Waals surface area contributed by atoms with Gasteiger partial charge in [0, 0.05) is 18.4 Å². The maximum atomic E-state index is 13.2. The van der Waals surface area contributed by atoms with Crippen molar-refractivity contribution in [1.82, 2.24) is 5.32 Å². The molecule has 0 radical (unpaired) electrons. The zero-order valence-electron chi connectivity index (χ0n) is 11.3. The number of sulfone groups is 1. The first kappa shape index (κ1) is 15.9. The van der Waals surface area contributed by atoms with Gasteiger partial charge >= 0.3 is 0 Å². The Hall–Kier alpha value is -1.14. The second kappa shape index (κ2) is 7.45. The lowest BCUT2D eigenvalue weighted by Crippen LogP contribution is -2.14. The molecule has 0 bridgehead atoms. The van der Waals surface area contributed by atoms with Gasteiger partial charge in [-0.15, -0.1) is 0 Å². The summed E-state index contributed by atoms with van der Waals surface area (Å²) in [5, 5.41) is 3.10. The second-order valence-corrected chi connectivity index (χ2v) is 6.62. The van der Waals surface area contributed by atoms with Crippen LogP contribution >= 0.6 is 0 Å². The lowest BCUT2D eigenvalue weighted by molar-refractivity contribution is 0.313. The third-order valence-electron chi connectivity index (χ3n) is 2.51. The molecule has 0 aliphatic heterocycles. The van der Waals surface area contributed by atoms with E-state index < -0.39 is 9.84 Å². The van der Waals surface area contributed by atoms with Crippen LogP contribution in [0.3, 0.4) is 0 Å². The van der Waals surface area contributed by atoms with Gasteiger partial charge in [0.15, 0.2) is 0 Å². The van der Waals surface area contributed by atoms with Crippen molar-refractivity contribution >= 4 is 9.84 Å². The lowest BCUT2D eigenvalue weighted by atomic mass is 10.2. The first-order chi connectivity index (χ1) is 8.92. The highest BCUT2D eigenvalue weighted by molar-refractivity contribution is 7.90. The van der Waals surface area contributed by atoms with Crippen LogP contribution in [-0.4, -0.2) is 33.6 Å². The minimum absolute atomic E-state index is 0.0940. The molecule has 1 aromatic rings. The summed E-state index contributed by atoms with van der Waals surface area (Å²) in [4.78, 5) is 0. The summed E-state index contributed by atoms with van der Waals surface area (Å²) in [5.74, 6) is 0.378. The van der Waals surface area contributed by atoms with Gasteiger partial charge in [0.1, 0.15) is 21.4 Å². The van der Waals surface area contributed by atoms with Gasteiger partial charge in [-0.2, -0.15) is 0 Å². The molecule has 0 aliphatic carbocycles. The van der Waals surface area contributed by atoms with E-state index in [1.165, 1.54) is 18.4 Å². The van der Waals surface area contributed by atoms with E-state index in [1.54, 1.807) is 6.07 Å². The topological polar surface area (TPSA) is 55.4 Å². The van der Waals surface area contributed by atoms with Gasteiger partial charge in [0.2, 0.25) is 0 Å². The molecule has 0 saturated heterocycles. The van der Waals surface area contributed by atoms with Crippen LogP contribution in [0.25, 0.3) is 0 Å². The predicted molar refractivity (Wildman–Crippen MR) is 73.6 cm³/mol. The van der Waals surface area contributed by atoms with Crippen molar-refractivity contribution in [1.29, 1.82) is 0 Å². The predicted octanol–water partition coefficient (Wildman–Crippen LogP) is 1.75. The summed E-state index contributed by atoms with van der Waals surface area (Å²) in [6.45, 7) is 3.57. The van der Waals surface area contributed by atoms with Gasteiger partial charge in [0.05, 0.1) is 12.4 Å². The first-order valence-electron chi connectivity index (χ1n) is 6.22. The molecule has 0 fully saturated rings. The Balaban J connectivity index is 2.56. The van der Waals surface area contributed by atoms with Gasteiger partial charge in [-0.3, -0.25) is 0 Å². The largest absolute Gasteiger partial charge is 0.493 e. The Morgan fingerprint density at radius 1 is 1.37 bits per heavy atom. The molecule has 0 unspecified atom stereocenters. The average Bonchev–Trinajstić information content (AvgIpc) is 2.32. The van der Waals surface area contributed by atoms with Crippen molar-refractivity contribution in [2.45, 2.75) is 19.9 Å². The highest BCUT2D eigenvalue weighted by atomic mass is 32.2. The smallest absolute Gasteiger partial charge is 0.147 e. The fraction of sp³-hybridized carbons (Fsp3) is 0.538. The van der Waals surface area contributed by atoms with Gasteiger partial charge in [-0.1, -0.05) is 6.92 Å². The maximum Gasteiger partial charge on any atom is 0.147 e. The molecule has 0 amide bonds. The molecule has 1 rings (SSSR count). The third-order valence-corrected chi connectivity index (χ3v) is 3.54. The Kier molecular flexibility index (Phi) is 6.24. The molecule has 1 N–H and O–H groups in total. The van der Waals surface area contributed by atoms with Crippen LogP contribution in [0.5, 0.6) is 5.75 Å². The number of hydrogen-bond donors (Lipinski definition) is 1. The second-order valence-electron chi connectivity index (χ2n) is 4.36. The number of ether oxygens (including phenoxy) is 1. The summed E-state index contributed by atoms with van der Waals surface area (Å²) in [5.41, 5.74) is 0.737. The monoisotopic (exact) mass is 289 g/mol. The molecule has 0 spiro atoms. The summed E-state index contributed by atoms with van der Waals surface area (Å²) < 4.78 is 40.6. The molecule has 0 aliphatic rings. The quantitative estimate of drug-likeness (QED) is 0.741. The summed E-state index contributed by atoms with van der Waals surface area (Å²) >= 11 is 0. The molecule has 4 nitrogen and oxygen atoms in total.